The molecular formula is C11H21N3O2S. The Kier molecular flexibility index (Phi) is 7.29. The van der Waals surface area contributed by atoms with Crippen LogP contribution in [-0.2, 0) is 9.53 Å². The molecule has 1 aliphatic rings. The van der Waals surface area contributed by atoms with Gasteiger partial charge in [0.1, 0.15) is 4.91 Å². The van der Waals surface area contributed by atoms with Gasteiger partial charge < -0.3 is 21.5 Å². The SMILES string of the molecule is CC.CCOC(=O)C1=C(/C(N)=C/N)NC(C)S1. The number of hydrogen-bond donors (Lipinski definition) is 3. The topological polar surface area (TPSA) is 90.4 Å². The minimum Gasteiger partial charge on any atom is -0.462 e. The molecule has 0 aromatic carbocycles. The fraction of sp³-hybridized carbons (Fsp3) is 0.545. The van der Waals surface area contributed by atoms with Gasteiger partial charge in [-0.3, -0.25) is 0 Å². The molecule has 0 bridgehead atoms. The number of ether oxygens (including phenoxy) is 1. The Morgan fingerprint density at radius 1 is 1.59 bits per heavy atom. The van der Waals surface area contributed by atoms with Crippen molar-refractivity contribution in [3.05, 3.63) is 22.5 Å². The molecule has 5 N–H and O–H groups in total. The standard InChI is InChI=1S/C9H15N3O2S.C2H6/c1-3-14-9(13)8-7(6(11)4-10)12-5(2)15-8;1-2/h4-5,12H,3,10-11H2,1-2H3;1-2H3/b6-4-;. The van der Waals surface area contributed by atoms with Gasteiger partial charge >= 0.3 is 5.97 Å². The zero-order chi connectivity index (χ0) is 13.4. The molecule has 98 valence electrons. The minimum absolute atomic E-state index is 0.0953. The molecule has 0 aliphatic carbocycles. The molecule has 5 nitrogen and oxygen atoms in total. The van der Waals surface area contributed by atoms with Crippen LogP contribution in [0.25, 0.3) is 0 Å². The highest BCUT2D eigenvalue weighted by molar-refractivity contribution is 8.04. The third-order valence-corrected chi connectivity index (χ3v) is 2.88. The Bertz CT molecular complexity index is 327. The molecule has 0 spiro atoms. The fourth-order valence-electron chi connectivity index (χ4n) is 1.18. The van der Waals surface area contributed by atoms with Gasteiger partial charge in [-0.2, -0.15) is 0 Å². The third-order valence-electron chi connectivity index (χ3n) is 1.80. The highest BCUT2D eigenvalue weighted by Crippen LogP contribution is 2.32. The Morgan fingerprint density at radius 2 is 2.18 bits per heavy atom. The van der Waals surface area contributed by atoms with Crippen molar-refractivity contribution < 1.29 is 9.53 Å². The summed E-state index contributed by atoms with van der Waals surface area (Å²) in [5, 5.41) is 3.16. The van der Waals surface area contributed by atoms with Crippen molar-refractivity contribution in [2.75, 3.05) is 6.61 Å². The van der Waals surface area contributed by atoms with Crippen LogP contribution in [0, 0.1) is 0 Å². The van der Waals surface area contributed by atoms with Crippen LogP contribution in [0.5, 0.6) is 0 Å². The Labute approximate surface area is 107 Å². The van der Waals surface area contributed by atoms with Crippen LogP contribution in [0.3, 0.4) is 0 Å². The zero-order valence-electron chi connectivity index (χ0n) is 10.7. The first-order valence-electron chi connectivity index (χ1n) is 5.62. The lowest BCUT2D eigenvalue weighted by atomic mass is 10.3. The van der Waals surface area contributed by atoms with Crippen LogP contribution in [0.2, 0.25) is 0 Å². The summed E-state index contributed by atoms with van der Waals surface area (Å²) >= 11 is 1.38. The number of carbonyl (C=O) groups is 1. The molecule has 1 rings (SSSR count). The number of nitrogens with two attached hydrogens (primary N) is 2. The summed E-state index contributed by atoms with van der Waals surface area (Å²) in [5.74, 6) is -0.362. The number of esters is 1. The highest BCUT2D eigenvalue weighted by atomic mass is 32.2. The minimum atomic E-state index is -0.362. The van der Waals surface area contributed by atoms with Gasteiger partial charge in [-0.25, -0.2) is 4.79 Å². The van der Waals surface area contributed by atoms with Crippen molar-refractivity contribution in [3.63, 3.8) is 0 Å². The maximum absolute atomic E-state index is 11.6. The van der Waals surface area contributed by atoms with Gasteiger partial charge in [0.15, 0.2) is 0 Å². The molecular weight excluding hydrogens is 238 g/mol. The maximum Gasteiger partial charge on any atom is 0.346 e. The van der Waals surface area contributed by atoms with Gasteiger partial charge in [0.05, 0.1) is 23.4 Å². The predicted molar refractivity (Wildman–Crippen MR) is 71.7 cm³/mol. The van der Waals surface area contributed by atoms with Gasteiger partial charge in [0, 0.05) is 6.20 Å². The fourth-order valence-corrected chi connectivity index (χ4v) is 2.16. The number of rotatable bonds is 3. The first-order valence-corrected chi connectivity index (χ1v) is 6.50. The summed E-state index contributed by atoms with van der Waals surface area (Å²) in [5.41, 5.74) is 11.9. The molecule has 0 saturated carbocycles. The highest BCUT2D eigenvalue weighted by Gasteiger charge is 2.28. The molecule has 1 unspecified atom stereocenters. The van der Waals surface area contributed by atoms with Crippen LogP contribution in [-0.4, -0.2) is 18.0 Å². The van der Waals surface area contributed by atoms with Crippen molar-refractivity contribution in [2.24, 2.45) is 11.5 Å². The van der Waals surface area contributed by atoms with Crippen LogP contribution in [0.4, 0.5) is 0 Å². The molecule has 0 aromatic rings. The van der Waals surface area contributed by atoms with E-state index in [0.717, 1.165) is 0 Å². The van der Waals surface area contributed by atoms with Crippen LogP contribution in [0.1, 0.15) is 27.7 Å². The smallest absolute Gasteiger partial charge is 0.346 e. The monoisotopic (exact) mass is 259 g/mol. The summed E-state index contributed by atoms with van der Waals surface area (Å²) in [6, 6.07) is 0. The van der Waals surface area contributed by atoms with Gasteiger partial charge in [0.25, 0.3) is 0 Å². The van der Waals surface area contributed by atoms with E-state index in [-0.39, 0.29) is 11.3 Å². The number of thioether (sulfide) groups is 1. The van der Waals surface area contributed by atoms with E-state index in [4.69, 9.17) is 16.2 Å². The lowest BCUT2D eigenvalue weighted by Crippen LogP contribution is -2.21. The van der Waals surface area contributed by atoms with Crippen LogP contribution in [0.15, 0.2) is 22.5 Å². The molecule has 1 atom stereocenters. The lowest BCUT2D eigenvalue weighted by molar-refractivity contribution is -0.137. The average molecular weight is 259 g/mol. The van der Waals surface area contributed by atoms with E-state index in [1.807, 2.05) is 20.8 Å². The average Bonchev–Trinajstić information content (AvgIpc) is 2.73. The molecule has 6 heteroatoms. The Balaban J connectivity index is 0.00000121. The van der Waals surface area contributed by atoms with E-state index in [1.165, 1.54) is 18.0 Å². The zero-order valence-corrected chi connectivity index (χ0v) is 11.6. The summed E-state index contributed by atoms with van der Waals surface area (Å²) in [4.78, 5) is 12.0. The summed E-state index contributed by atoms with van der Waals surface area (Å²) in [6.07, 6.45) is 1.26. The van der Waals surface area contributed by atoms with Crippen molar-refractivity contribution in [1.29, 1.82) is 0 Å². The molecule has 1 aliphatic heterocycles. The van der Waals surface area contributed by atoms with E-state index in [0.29, 0.717) is 22.9 Å². The second kappa shape index (κ2) is 7.89. The predicted octanol–water partition coefficient (Wildman–Crippen LogP) is 1.23. The van der Waals surface area contributed by atoms with Gasteiger partial charge in [0.2, 0.25) is 0 Å². The van der Waals surface area contributed by atoms with Gasteiger partial charge in [-0.1, -0.05) is 25.6 Å². The second-order valence-electron chi connectivity index (χ2n) is 2.95. The van der Waals surface area contributed by atoms with Crippen molar-refractivity contribution >= 4 is 17.7 Å². The molecule has 0 radical (unpaired) electrons. The molecule has 0 saturated heterocycles. The molecule has 1 heterocycles. The molecule has 0 amide bonds. The van der Waals surface area contributed by atoms with Gasteiger partial charge in [-0.05, 0) is 13.8 Å². The van der Waals surface area contributed by atoms with E-state index in [2.05, 4.69) is 5.32 Å². The second-order valence-corrected chi connectivity index (χ2v) is 4.30. The van der Waals surface area contributed by atoms with Crippen molar-refractivity contribution in [1.82, 2.24) is 5.32 Å². The van der Waals surface area contributed by atoms with E-state index >= 15 is 0 Å². The first-order chi connectivity index (χ1) is 8.10. The summed E-state index contributed by atoms with van der Waals surface area (Å²) in [7, 11) is 0. The molecule has 0 aromatic heterocycles. The Hall–Kier alpha value is -1.30. The quantitative estimate of drug-likeness (QED) is 0.660. The lowest BCUT2D eigenvalue weighted by Gasteiger charge is -2.06. The largest absolute Gasteiger partial charge is 0.462 e. The van der Waals surface area contributed by atoms with E-state index < -0.39 is 0 Å². The maximum atomic E-state index is 11.6. The number of nitrogens with one attached hydrogen (secondary N) is 1. The third kappa shape index (κ3) is 4.22. The van der Waals surface area contributed by atoms with E-state index in [1.54, 1.807) is 6.92 Å². The first kappa shape index (κ1) is 15.7. The van der Waals surface area contributed by atoms with Gasteiger partial charge in [-0.15, -0.1) is 0 Å². The van der Waals surface area contributed by atoms with Crippen LogP contribution >= 0.6 is 11.8 Å². The molecule has 0 fully saturated rings. The Morgan fingerprint density at radius 3 is 2.65 bits per heavy atom. The number of hydrogen-bond acceptors (Lipinski definition) is 6. The van der Waals surface area contributed by atoms with E-state index in [9.17, 15) is 4.79 Å². The summed E-state index contributed by atoms with van der Waals surface area (Å²) in [6.45, 7) is 8.04. The molecule has 17 heavy (non-hydrogen) atoms. The normalized spacial score (nSPS) is 19.3. The number of carbonyl (C=O) groups excluding carboxylic acids is 1. The van der Waals surface area contributed by atoms with Crippen LogP contribution < -0.4 is 16.8 Å². The van der Waals surface area contributed by atoms with Crippen molar-refractivity contribution in [3.8, 4) is 0 Å². The van der Waals surface area contributed by atoms with Crippen molar-refractivity contribution in [2.45, 2.75) is 33.1 Å². The summed E-state index contributed by atoms with van der Waals surface area (Å²) < 4.78 is 4.92.